The molecule has 2 heterocycles. The molecule has 0 N–H and O–H groups in total. The Hall–Kier alpha value is -1.24. The molecule has 0 radical (unpaired) electrons. The Kier molecular flexibility index (Phi) is 7.06. The van der Waals surface area contributed by atoms with Crippen molar-refractivity contribution in [1.29, 1.82) is 0 Å². The minimum atomic E-state index is 0.280. The number of hydrogen-bond donors (Lipinski definition) is 0. The minimum Gasteiger partial charge on any atom is -0.343 e. The molecule has 1 aliphatic heterocycles. The highest BCUT2D eigenvalue weighted by atomic mass is 35.5. The van der Waals surface area contributed by atoms with Gasteiger partial charge in [0.2, 0.25) is 5.91 Å². The lowest BCUT2D eigenvalue weighted by molar-refractivity contribution is -0.127. The van der Waals surface area contributed by atoms with Crippen molar-refractivity contribution in [2.75, 3.05) is 18.8 Å². The first-order valence-corrected chi connectivity index (χ1v) is 11.0. The topological polar surface area (TPSA) is 51.0 Å². The summed E-state index contributed by atoms with van der Waals surface area (Å²) in [5, 5.41) is 10.9. The predicted octanol–water partition coefficient (Wildman–Crippen LogP) is 5.01. The maximum atomic E-state index is 11.7. The number of hydrogen-bond acceptors (Lipinski definition) is 4. The molecule has 0 atom stereocenters. The third kappa shape index (κ3) is 5.18. The SMILES string of the molecule is CC(C)Cn1c(SCCCN2CCCC2=O)nnc1-c1ccc(Cl)cc1Cl. The third-order valence-electron chi connectivity index (χ3n) is 4.41. The van der Waals surface area contributed by atoms with Crippen LogP contribution in [0, 0.1) is 5.92 Å². The molecule has 1 aromatic carbocycles. The number of carbonyl (C=O) groups excluding carboxylic acids is 1. The lowest BCUT2D eigenvalue weighted by Crippen LogP contribution is -2.25. The number of thioether (sulfide) groups is 1. The lowest BCUT2D eigenvalue weighted by Gasteiger charge is -2.15. The Bertz CT molecular complexity index is 809. The van der Waals surface area contributed by atoms with Gasteiger partial charge in [0.15, 0.2) is 11.0 Å². The Balaban J connectivity index is 1.71. The number of aromatic nitrogens is 3. The average molecular weight is 427 g/mol. The molecule has 1 saturated heterocycles. The van der Waals surface area contributed by atoms with Gasteiger partial charge < -0.3 is 9.47 Å². The fraction of sp³-hybridized carbons (Fsp3) is 0.526. The van der Waals surface area contributed by atoms with Gasteiger partial charge in [-0.15, -0.1) is 10.2 Å². The van der Waals surface area contributed by atoms with Gasteiger partial charge in [0.05, 0.1) is 5.02 Å². The van der Waals surface area contributed by atoms with E-state index in [-0.39, 0.29) is 5.91 Å². The van der Waals surface area contributed by atoms with Crippen LogP contribution in [0.25, 0.3) is 11.4 Å². The number of halogens is 2. The van der Waals surface area contributed by atoms with E-state index in [1.165, 1.54) is 0 Å². The number of carbonyl (C=O) groups is 1. The van der Waals surface area contributed by atoms with Crippen molar-refractivity contribution in [3.05, 3.63) is 28.2 Å². The Labute approximate surface area is 174 Å². The zero-order chi connectivity index (χ0) is 19.4. The summed E-state index contributed by atoms with van der Waals surface area (Å²) in [5.74, 6) is 2.39. The van der Waals surface area contributed by atoms with Crippen LogP contribution >= 0.6 is 35.0 Å². The van der Waals surface area contributed by atoms with Crippen molar-refractivity contribution in [3.8, 4) is 11.4 Å². The number of benzene rings is 1. The summed E-state index contributed by atoms with van der Waals surface area (Å²) in [7, 11) is 0. The second-order valence-electron chi connectivity index (χ2n) is 7.12. The van der Waals surface area contributed by atoms with Crippen molar-refractivity contribution in [3.63, 3.8) is 0 Å². The standard InChI is InChI=1S/C19H24Cl2N4OS/c1-13(2)12-25-18(15-7-6-14(20)11-16(15)21)22-23-19(25)27-10-4-9-24-8-3-5-17(24)26/h6-7,11,13H,3-5,8-10,12H2,1-2H3. The van der Waals surface area contributed by atoms with E-state index in [1.54, 1.807) is 17.8 Å². The summed E-state index contributed by atoms with van der Waals surface area (Å²) in [5.41, 5.74) is 0.837. The van der Waals surface area contributed by atoms with Crippen LogP contribution < -0.4 is 0 Å². The molecule has 0 unspecified atom stereocenters. The summed E-state index contributed by atoms with van der Waals surface area (Å²) in [4.78, 5) is 13.7. The van der Waals surface area contributed by atoms with Gasteiger partial charge in [-0.3, -0.25) is 4.79 Å². The Morgan fingerprint density at radius 2 is 2.07 bits per heavy atom. The second kappa shape index (κ2) is 9.30. The third-order valence-corrected chi connectivity index (χ3v) is 6.01. The molecule has 8 heteroatoms. The van der Waals surface area contributed by atoms with Gasteiger partial charge in [0.1, 0.15) is 0 Å². The van der Waals surface area contributed by atoms with Crippen molar-refractivity contribution < 1.29 is 4.79 Å². The fourth-order valence-corrected chi connectivity index (χ4v) is 4.52. The van der Waals surface area contributed by atoms with Gasteiger partial charge in [-0.25, -0.2) is 0 Å². The van der Waals surface area contributed by atoms with Gasteiger partial charge in [-0.05, 0) is 37.0 Å². The molecular weight excluding hydrogens is 403 g/mol. The quantitative estimate of drug-likeness (QED) is 0.439. The van der Waals surface area contributed by atoms with E-state index in [4.69, 9.17) is 23.2 Å². The predicted molar refractivity (Wildman–Crippen MR) is 111 cm³/mol. The zero-order valence-electron chi connectivity index (χ0n) is 15.6. The molecular formula is C19H24Cl2N4OS. The summed E-state index contributed by atoms with van der Waals surface area (Å²) < 4.78 is 2.13. The van der Waals surface area contributed by atoms with Gasteiger partial charge in [0.25, 0.3) is 0 Å². The molecule has 0 saturated carbocycles. The van der Waals surface area contributed by atoms with E-state index in [1.807, 2.05) is 17.0 Å². The van der Waals surface area contributed by atoms with Gasteiger partial charge in [0, 0.05) is 42.4 Å². The Morgan fingerprint density at radius 1 is 1.26 bits per heavy atom. The van der Waals surface area contributed by atoms with E-state index < -0.39 is 0 Å². The molecule has 5 nitrogen and oxygen atoms in total. The largest absolute Gasteiger partial charge is 0.343 e. The highest BCUT2D eigenvalue weighted by molar-refractivity contribution is 7.99. The average Bonchev–Trinajstić information content (AvgIpc) is 3.18. The zero-order valence-corrected chi connectivity index (χ0v) is 17.9. The number of likely N-dealkylation sites (tertiary alicyclic amines) is 1. The lowest BCUT2D eigenvalue weighted by atomic mass is 10.2. The smallest absolute Gasteiger partial charge is 0.222 e. The molecule has 0 aliphatic carbocycles. The van der Waals surface area contributed by atoms with Gasteiger partial charge >= 0.3 is 0 Å². The molecule has 2 aromatic rings. The van der Waals surface area contributed by atoms with Crippen LogP contribution in [0.1, 0.15) is 33.1 Å². The van der Waals surface area contributed by atoms with E-state index in [0.717, 1.165) is 54.8 Å². The van der Waals surface area contributed by atoms with Gasteiger partial charge in [-0.1, -0.05) is 48.8 Å². The minimum absolute atomic E-state index is 0.280. The van der Waals surface area contributed by atoms with E-state index in [0.29, 0.717) is 22.4 Å². The highest BCUT2D eigenvalue weighted by Gasteiger charge is 2.20. The molecule has 3 rings (SSSR count). The van der Waals surface area contributed by atoms with E-state index >= 15 is 0 Å². The summed E-state index contributed by atoms with van der Waals surface area (Å²) in [6.45, 7) is 6.86. The van der Waals surface area contributed by atoms with Crippen LogP contribution in [-0.4, -0.2) is 44.4 Å². The molecule has 1 aromatic heterocycles. The second-order valence-corrected chi connectivity index (χ2v) is 9.03. The first-order valence-electron chi connectivity index (χ1n) is 9.25. The maximum Gasteiger partial charge on any atom is 0.222 e. The fourth-order valence-electron chi connectivity index (χ4n) is 3.15. The van der Waals surface area contributed by atoms with Gasteiger partial charge in [-0.2, -0.15) is 0 Å². The van der Waals surface area contributed by atoms with Crippen molar-refractivity contribution >= 4 is 40.9 Å². The molecule has 1 aliphatic rings. The summed E-state index contributed by atoms with van der Waals surface area (Å²) >= 11 is 14.1. The molecule has 1 amide bonds. The number of nitrogens with zero attached hydrogens (tertiary/aromatic N) is 4. The molecule has 146 valence electrons. The van der Waals surface area contributed by atoms with E-state index in [2.05, 4.69) is 28.6 Å². The Morgan fingerprint density at radius 3 is 2.74 bits per heavy atom. The van der Waals surface area contributed by atoms with Crippen LogP contribution in [0.2, 0.25) is 10.0 Å². The van der Waals surface area contributed by atoms with Crippen LogP contribution in [0.4, 0.5) is 0 Å². The molecule has 0 bridgehead atoms. The van der Waals surface area contributed by atoms with E-state index in [9.17, 15) is 4.79 Å². The molecule has 1 fully saturated rings. The van der Waals surface area contributed by atoms with Crippen molar-refractivity contribution in [1.82, 2.24) is 19.7 Å². The summed E-state index contributed by atoms with van der Waals surface area (Å²) in [6.07, 6.45) is 2.63. The maximum absolute atomic E-state index is 11.7. The first-order chi connectivity index (χ1) is 13.0. The van der Waals surface area contributed by atoms with Crippen molar-refractivity contribution in [2.45, 2.75) is 44.8 Å². The van der Waals surface area contributed by atoms with Crippen molar-refractivity contribution in [2.24, 2.45) is 5.92 Å². The number of rotatable bonds is 8. The van der Waals surface area contributed by atoms with Crippen LogP contribution in [0.5, 0.6) is 0 Å². The normalized spacial score (nSPS) is 14.6. The van der Waals surface area contributed by atoms with Crippen LogP contribution in [-0.2, 0) is 11.3 Å². The summed E-state index contributed by atoms with van der Waals surface area (Å²) in [6, 6.07) is 5.43. The monoisotopic (exact) mass is 426 g/mol. The molecule has 0 spiro atoms. The van der Waals surface area contributed by atoms with Crippen LogP contribution in [0.15, 0.2) is 23.4 Å². The molecule has 27 heavy (non-hydrogen) atoms. The highest BCUT2D eigenvalue weighted by Crippen LogP contribution is 2.32. The first kappa shape index (κ1) is 20.5. The number of amides is 1. The van der Waals surface area contributed by atoms with Crippen LogP contribution in [0.3, 0.4) is 0 Å².